The van der Waals surface area contributed by atoms with Gasteiger partial charge in [0.05, 0.1) is 10.7 Å². The van der Waals surface area contributed by atoms with E-state index in [0.29, 0.717) is 21.4 Å². The van der Waals surface area contributed by atoms with Crippen LogP contribution in [0.25, 0.3) is 0 Å². The lowest BCUT2D eigenvalue weighted by Crippen LogP contribution is -2.21. The predicted molar refractivity (Wildman–Crippen MR) is 153 cm³/mol. The standard InChI is InChI=1S/C29H40Cl3NO3/c1-4-5-6-7-8-9-10-11-12-13-14-20(2)23-17-22(30)15-16-26(23)36-19-27(34)33-25-18-24(31)21(3)28(32)29(25)35/h15-18,20,35H,4-14,19H2,1-3H3,(H,33,34). The number of rotatable bonds is 16. The van der Waals surface area contributed by atoms with Crippen LogP contribution in [0.3, 0.4) is 0 Å². The second-order valence-electron chi connectivity index (χ2n) is 9.58. The molecule has 4 nitrogen and oxygen atoms in total. The lowest BCUT2D eigenvalue weighted by molar-refractivity contribution is -0.118. The minimum absolute atomic E-state index is 0.111. The van der Waals surface area contributed by atoms with Crippen molar-refractivity contribution < 1.29 is 14.6 Å². The monoisotopic (exact) mass is 555 g/mol. The summed E-state index contributed by atoms with van der Waals surface area (Å²) in [6, 6.07) is 6.95. The number of carbonyl (C=O) groups excluding carboxylic acids is 1. The summed E-state index contributed by atoms with van der Waals surface area (Å²) in [5.41, 5.74) is 1.69. The van der Waals surface area contributed by atoms with E-state index in [-0.39, 0.29) is 29.0 Å². The molecule has 2 aromatic rings. The number of unbranched alkanes of at least 4 members (excludes halogenated alkanes) is 9. The van der Waals surface area contributed by atoms with E-state index >= 15 is 0 Å². The van der Waals surface area contributed by atoms with Crippen molar-refractivity contribution in [3.05, 3.63) is 50.5 Å². The highest BCUT2D eigenvalue weighted by atomic mass is 35.5. The third-order valence-corrected chi connectivity index (χ3v) is 7.64. The van der Waals surface area contributed by atoms with Crippen molar-refractivity contribution in [2.24, 2.45) is 0 Å². The van der Waals surface area contributed by atoms with Gasteiger partial charge >= 0.3 is 0 Å². The molecule has 1 unspecified atom stereocenters. The highest BCUT2D eigenvalue weighted by Crippen LogP contribution is 2.39. The number of nitrogens with one attached hydrogen (secondary N) is 1. The molecule has 0 aliphatic rings. The van der Waals surface area contributed by atoms with Gasteiger partial charge in [0, 0.05) is 10.0 Å². The van der Waals surface area contributed by atoms with Crippen LogP contribution in [-0.4, -0.2) is 17.6 Å². The van der Waals surface area contributed by atoms with Crippen LogP contribution in [0.1, 0.15) is 102 Å². The number of carbonyl (C=O) groups is 1. The van der Waals surface area contributed by atoms with Crippen LogP contribution in [0.5, 0.6) is 11.5 Å². The Morgan fingerprint density at radius 1 is 0.972 bits per heavy atom. The van der Waals surface area contributed by atoms with E-state index < -0.39 is 5.91 Å². The third-order valence-electron chi connectivity index (χ3n) is 6.55. The summed E-state index contributed by atoms with van der Waals surface area (Å²) >= 11 is 18.5. The topological polar surface area (TPSA) is 58.6 Å². The number of phenols is 1. The molecule has 200 valence electrons. The maximum atomic E-state index is 12.5. The second-order valence-corrected chi connectivity index (χ2v) is 10.8. The average molecular weight is 557 g/mol. The van der Waals surface area contributed by atoms with E-state index in [1.807, 2.05) is 6.07 Å². The van der Waals surface area contributed by atoms with Gasteiger partial charge in [-0.2, -0.15) is 0 Å². The maximum Gasteiger partial charge on any atom is 0.262 e. The summed E-state index contributed by atoms with van der Waals surface area (Å²) < 4.78 is 5.85. The smallest absolute Gasteiger partial charge is 0.262 e. The molecule has 0 spiro atoms. The number of amides is 1. The molecule has 0 saturated heterocycles. The molecule has 0 heterocycles. The molecule has 1 atom stereocenters. The summed E-state index contributed by atoms with van der Waals surface area (Å²) in [4.78, 5) is 12.5. The lowest BCUT2D eigenvalue weighted by atomic mass is 9.94. The number of phenolic OH excluding ortho intramolecular Hbond substituents is 1. The lowest BCUT2D eigenvalue weighted by Gasteiger charge is -2.18. The fourth-order valence-corrected chi connectivity index (χ4v) is 4.89. The Labute approximate surface area is 231 Å². The molecule has 2 aromatic carbocycles. The van der Waals surface area contributed by atoms with E-state index in [2.05, 4.69) is 19.2 Å². The van der Waals surface area contributed by atoms with Crippen LogP contribution in [-0.2, 0) is 4.79 Å². The summed E-state index contributed by atoms with van der Waals surface area (Å²) in [5.74, 6) is 0.252. The highest BCUT2D eigenvalue weighted by Gasteiger charge is 2.17. The Kier molecular flexibility index (Phi) is 13.8. The van der Waals surface area contributed by atoms with Crippen LogP contribution < -0.4 is 10.1 Å². The molecule has 2 N–H and O–H groups in total. The van der Waals surface area contributed by atoms with Gasteiger partial charge in [0.15, 0.2) is 12.4 Å². The van der Waals surface area contributed by atoms with Crippen LogP contribution in [0.2, 0.25) is 15.1 Å². The Balaban J connectivity index is 1.83. The first-order chi connectivity index (χ1) is 17.2. The zero-order chi connectivity index (χ0) is 26.5. The predicted octanol–water partition coefficient (Wildman–Crippen LogP) is 10.1. The molecule has 1 amide bonds. The number of benzene rings is 2. The SMILES string of the molecule is CCCCCCCCCCCCC(C)c1cc(Cl)ccc1OCC(=O)Nc1cc(Cl)c(C)c(Cl)c1O. The van der Waals surface area contributed by atoms with Gasteiger partial charge in [0.25, 0.3) is 5.91 Å². The van der Waals surface area contributed by atoms with E-state index in [1.165, 1.54) is 63.9 Å². The van der Waals surface area contributed by atoms with Gasteiger partial charge in [-0.1, -0.05) is 113 Å². The van der Waals surface area contributed by atoms with Gasteiger partial charge in [0.2, 0.25) is 0 Å². The van der Waals surface area contributed by atoms with Gasteiger partial charge in [-0.05, 0) is 54.7 Å². The number of ether oxygens (including phenoxy) is 1. The largest absolute Gasteiger partial charge is 0.504 e. The van der Waals surface area contributed by atoms with E-state index in [0.717, 1.165) is 18.4 Å². The van der Waals surface area contributed by atoms with Gasteiger partial charge < -0.3 is 15.2 Å². The molecule has 0 aromatic heterocycles. The van der Waals surface area contributed by atoms with Crippen molar-refractivity contribution in [1.29, 1.82) is 0 Å². The normalized spacial score (nSPS) is 11.9. The van der Waals surface area contributed by atoms with Crippen molar-refractivity contribution in [3.8, 4) is 11.5 Å². The van der Waals surface area contributed by atoms with Crippen LogP contribution in [0.4, 0.5) is 5.69 Å². The number of anilines is 1. The minimum Gasteiger partial charge on any atom is -0.504 e. The highest BCUT2D eigenvalue weighted by molar-refractivity contribution is 6.37. The number of hydrogen-bond donors (Lipinski definition) is 2. The minimum atomic E-state index is -0.426. The number of aromatic hydroxyl groups is 1. The summed E-state index contributed by atoms with van der Waals surface area (Å²) in [6.07, 6.45) is 14.1. The first-order valence-electron chi connectivity index (χ1n) is 13.1. The van der Waals surface area contributed by atoms with Crippen LogP contribution >= 0.6 is 34.8 Å². The zero-order valence-corrected chi connectivity index (χ0v) is 24.0. The molecule has 2 rings (SSSR count). The molecule has 0 aliphatic heterocycles. The summed E-state index contributed by atoms with van der Waals surface area (Å²) in [6.45, 7) is 5.89. The van der Waals surface area contributed by atoms with E-state index in [4.69, 9.17) is 39.5 Å². The molecule has 0 aliphatic carbocycles. The molecule has 0 saturated carbocycles. The van der Waals surface area contributed by atoms with Crippen LogP contribution in [0, 0.1) is 6.92 Å². The zero-order valence-electron chi connectivity index (χ0n) is 21.8. The van der Waals surface area contributed by atoms with Crippen LogP contribution in [0.15, 0.2) is 24.3 Å². The van der Waals surface area contributed by atoms with Crippen molar-refractivity contribution in [2.75, 3.05) is 11.9 Å². The molecule has 0 fully saturated rings. The molecule has 7 heteroatoms. The number of hydrogen-bond acceptors (Lipinski definition) is 3. The molecular weight excluding hydrogens is 517 g/mol. The second kappa shape index (κ2) is 16.3. The van der Waals surface area contributed by atoms with Crippen molar-refractivity contribution in [3.63, 3.8) is 0 Å². The Hall–Kier alpha value is -1.62. The fourth-order valence-electron chi connectivity index (χ4n) is 4.26. The Bertz CT molecular complexity index is 981. The van der Waals surface area contributed by atoms with Crippen molar-refractivity contribution >= 4 is 46.4 Å². The maximum absolute atomic E-state index is 12.5. The first kappa shape index (κ1) is 30.6. The molecule has 0 bridgehead atoms. The Morgan fingerprint density at radius 3 is 2.22 bits per heavy atom. The van der Waals surface area contributed by atoms with Gasteiger partial charge in [0.1, 0.15) is 5.75 Å². The van der Waals surface area contributed by atoms with Gasteiger partial charge in [-0.25, -0.2) is 0 Å². The van der Waals surface area contributed by atoms with E-state index in [1.54, 1.807) is 19.1 Å². The van der Waals surface area contributed by atoms with Crippen molar-refractivity contribution in [2.45, 2.75) is 97.3 Å². The molecule has 0 radical (unpaired) electrons. The third kappa shape index (κ3) is 10.0. The first-order valence-corrected chi connectivity index (χ1v) is 14.3. The van der Waals surface area contributed by atoms with E-state index in [9.17, 15) is 9.90 Å². The average Bonchev–Trinajstić information content (AvgIpc) is 2.86. The molecular formula is C29H40Cl3NO3. The molecule has 36 heavy (non-hydrogen) atoms. The van der Waals surface area contributed by atoms with Gasteiger partial charge in [-0.15, -0.1) is 0 Å². The van der Waals surface area contributed by atoms with Crippen molar-refractivity contribution in [1.82, 2.24) is 0 Å². The fraction of sp³-hybridized carbons (Fsp3) is 0.552. The summed E-state index contributed by atoms with van der Waals surface area (Å²) in [5, 5.41) is 13.9. The quantitative estimate of drug-likeness (QED) is 0.160. The number of halogens is 3. The van der Waals surface area contributed by atoms with Gasteiger partial charge in [-0.3, -0.25) is 4.79 Å². The summed E-state index contributed by atoms with van der Waals surface area (Å²) in [7, 11) is 0. The Morgan fingerprint density at radius 2 is 1.58 bits per heavy atom.